The van der Waals surface area contributed by atoms with Crippen LogP contribution in [0.3, 0.4) is 0 Å². The molecule has 0 saturated carbocycles. The molecule has 0 saturated heterocycles. The van der Waals surface area contributed by atoms with Crippen molar-refractivity contribution in [1.82, 2.24) is 0 Å². The number of ether oxygens (including phenoxy) is 4. The molecule has 4 aromatic carbocycles. The van der Waals surface area contributed by atoms with Gasteiger partial charge in [-0.2, -0.15) is 0 Å². The summed E-state index contributed by atoms with van der Waals surface area (Å²) in [4.78, 5) is 50.6. The van der Waals surface area contributed by atoms with Gasteiger partial charge in [-0.1, -0.05) is 60.7 Å². The van der Waals surface area contributed by atoms with Gasteiger partial charge in [-0.05, 0) is 60.4 Å². The van der Waals surface area contributed by atoms with Gasteiger partial charge in [0.25, 0.3) is 0 Å². The van der Waals surface area contributed by atoms with E-state index in [1.54, 1.807) is 26.0 Å². The number of hydrogen-bond acceptors (Lipinski definition) is 8. The van der Waals surface area contributed by atoms with E-state index in [4.69, 9.17) is 18.9 Å². The minimum atomic E-state index is -0.682. The predicted molar refractivity (Wildman–Crippen MR) is 155 cm³/mol. The van der Waals surface area contributed by atoms with E-state index in [2.05, 4.69) is 0 Å². The lowest BCUT2D eigenvalue weighted by Crippen LogP contribution is -2.14. The van der Waals surface area contributed by atoms with Crippen LogP contribution in [0.1, 0.15) is 56.8 Å². The second kappa shape index (κ2) is 13.4. The van der Waals surface area contributed by atoms with E-state index in [0.717, 1.165) is 11.1 Å². The Morgan fingerprint density at radius 3 is 1.24 bits per heavy atom. The molecule has 4 aromatic rings. The SMILES string of the molecule is CC(=O)Oc1cc(C)c(-c2c(C)cc(OC(C)=O)cc2C(=O)OCc2ccccc2)c(C(=O)OCc2ccccc2)c1. The fraction of sp³-hybridized carbons (Fsp3) is 0.176. The summed E-state index contributed by atoms with van der Waals surface area (Å²) in [7, 11) is 0. The average molecular weight is 567 g/mol. The number of rotatable bonds is 9. The number of aryl methyl sites for hydroxylation is 2. The summed E-state index contributed by atoms with van der Waals surface area (Å²) in [5.74, 6) is -2.18. The Balaban J connectivity index is 1.84. The summed E-state index contributed by atoms with van der Waals surface area (Å²) >= 11 is 0. The van der Waals surface area contributed by atoms with Crippen molar-refractivity contribution in [2.75, 3.05) is 0 Å². The summed E-state index contributed by atoms with van der Waals surface area (Å²) in [6.45, 7) is 5.99. The van der Waals surface area contributed by atoms with Crippen LogP contribution >= 0.6 is 0 Å². The van der Waals surface area contributed by atoms with E-state index >= 15 is 0 Å². The Bertz CT molecular complexity index is 1500. The summed E-state index contributed by atoms with van der Waals surface area (Å²) in [5, 5.41) is 0. The van der Waals surface area contributed by atoms with Crippen LogP contribution < -0.4 is 9.47 Å². The van der Waals surface area contributed by atoms with Gasteiger partial charge in [-0.25, -0.2) is 9.59 Å². The van der Waals surface area contributed by atoms with E-state index in [0.29, 0.717) is 22.3 Å². The van der Waals surface area contributed by atoms with Crippen molar-refractivity contribution >= 4 is 23.9 Å². The molecule has 42 heavy (non-hydrogen) atoms. The van der Waals surface area contributed by atoms with Gasteiger partial charge in [0, 0.05) is 25.0 Å². The zero-order chi connectivity index (χ0) is 30.2. The van der Waals surface area contributed by atoms with E-state index in [9.17, 15) is 19.2 Å². The Labute approximate surface area is 243 Å². The van der Waals surface area contributed by atoms with Crippen molar-refractivity contribution in [2.45, 2.75) is 40.9 Å². The fourth-order valence-corrected chi connectivity index (χ4v) is 4.55. The first kappa shape index (κ1) is 29.7. The monoisotopic (exact) mass is 566 g/mol. The highest BCUT2D eigenvalue weighted by atomic mass is 16.5. The second-order valence-corrected chi connectivity index (χ2v) is 9.64. The number of esters is 4. The molecule has 8 nitrogen and oxygen atoms in total. The molecule has 0 aromatic heterocycles. The van der Waals surface area contributed by atoms with Crippen molar-refractivity contribution in [1.29, 1.82) is 0 Å². The molecule has 0 spiro atoms. The highest BCUT2D eigenvalue weighted by molar-refractivity contribution is 6.05. The standard InChI is InChI=1S/C34H30O8/c1-21-15-27(41-23(3)35)17-29(33(37)39-19-25-11-7-5-8-12-25)31(21)32-22(2)16-28(42-24(4)36)18-30(32)34(38)40-20-26-13-9-6-10-14-26/h5-18H,19-20H2,1-4H3. The number of carbonyl (C=O) groups is 4. The molecular formula is C34H30O8. The zero-order valence-corrected chi connectivity index (χ0v) is 23.8. The van der Waals surface area contributed by atoms with E-state index in [-0.39, 0.29) is 35.8 Å². The van der Waals surface area contributed by atoms with Gasteiger partial charge in [0.15, 0.2) is 0 Å². The maximum absolute atomic E-state index is 13.6. The first-order chi connectivity index (χ1) is 20.1. The van der Waals surface area contributed by atoms with Gasteiger partial charge in [0.05, 0.1) is 11.1 Å². The smallest absolute Gasteiger partial charge is 0.339 e. The van der Waals surface area contributed by atoms with Gasteiger partial charge in [0.1, 0.15) is 24.7 Å². The molecule has 0 unspecified atom stereocenters. The number of hydrogen-bond donors (Lipinski definition) is 0. The molecule has 0 N–H and O–H groups in total. The van der Waals surface area contributed by atoms with Crippen LogP contribution in [0, 0.1) is 13.8 Å². The van der Waals surface area contributed by atoms with Crippen molar-refractivity contribution in [3.05, 3.63) is 118 Å². The summed E-state index contributed by atoms with van der Waals surface area (Å²) in [6.07, 6.45) is 0. The van der Waals surface area contributed by atoms with Gasteiger partial charge in [-0.3, -0.25) is 9.59 Å². The van der Waals surface area contributed by atoms with Crippen LogP contribution in [0.5, 0.6) is 11.5 Å². The van der Waals surface area contributed by atoms with E-state index < -0.39 is 23.9 Å². The van der Waals surface area contributed by atoms with Crippen LogP contribution in [-0.2, 0) is 32.3 Å². The topological polar surface area (TPSA) is 105 Å². The highest BCUT2D eigenvalue weighted by Crippen LogP contribution is 2.39. The highest BCUT2D eigenvalue weighted by Gasteiger charge is 2.26. The molecule has 8 heteroatoms. The largest absolute Gasteiger partial charge is 0.457 e. The number of benzene rings is 4. The number of carbonyl (C=O) groups excluding carboxylic acids is 4. The third kappa shape index (κ3) is 7.48. The fourth-order valence-electron chi connectivity index (χ4n) is 4.55. The van der Waals surface area contributed by atoms with Crippen LogP contribution in [0.4, 0.5) is 0 Å². The van der Waals surface area contributed by atoms with Gasteiger partial charge >= 0.3 is 23.9 Å². The molecule has 214 valence electrons. The molecule has 0 amide bonds. The van der Waals surface area contributed by atoms with Crippen LogP contribution in [0.2, 0.25) is 0 Å². The lowest BCUT2D eigenvalue weighted by Gasteiger charge is -2.20. The third-order valence-electron chi connectivity index (χ3n) is 6.26. The molecule has 0 aliphatic carbocycles. The molecule has 0 radical (unpaired) electrons. The van der Waals surface area contributed by atoms with Gasteiger partial charge in [-0.15, -0.1) is 0 Å². The van der Waals surface area contributed by atoms with Crippen LogP contribution in [0.15, 0.2) is 84.9 Å². The van der Waals surface area contributed by atoms with Gasteiger partial charge < -0.3 is 18.9 Å². The maximum Gasteiger partial charge on any atom is 0.339 e. The van der Waals surface area contributed by atoms with Crippen molar-refractivity contribution < 1.29 is 38.1 Å². The van der Waals surface area contributed by atoms with Crippen molar-refractivity contribution in [3.63, 3.8) is 0 Å². The average Bonchev–Trinajstić information content (AvgIpc) is 2.95. The summed E-state index contributed by atoms with van der Waals surface area (Å²) < 4.78 is 21.9. The molecule has 0 atom stereocenters. The molecule has 0 heterocycles. The van der Waals surface area contributed by atoms with Crippen LogP contribution in [-0.4, -0.2) is 23.9 Å². The maximum atomic E-state index is 13.6. The van der Waals surface area contributed by atoms with Crippen molar-refractivity contribution in [2.24, 2.45) is 0 Å². The van der Waals surface area contributed by atoms with E-state index in [1.165, 1.54) is 26.0 Å². The first-order valence-corrected chi connectivity index (χ1v) is 13.2. The van der Waals surface area contributed by atoms with Gasteiger partial charge in [0.2, 0.25) is 0 Å². The quantitative estimate of drug-likeness (QED) is 0.166. The lowest BCUT2D eigenvalue weighted by molar-refractivity contribution is -0.132. The third-order valence-corrected chi connectivity index (χ3v) is 6.26. The molecule has 0 fully saturated rings. The molecule has 0 aliphatic heterocycles. The Kier molecular flexibility index (Phi) is 9.50. The molecule has 4 rings (SSSR count). The lowest BCUT2D eigenvalue weighted by atomic mass is 9.88. The Morgan fingerprint density at radius 2 is 0.905 bits per heavy atom. The van der Waals surface area contributed by atoms with E-state index in [1.807, 2.05) is 60.7 Å². The summed E-state index contributed by atoms with van der Waals surface area (Å²) in [5.41, 5.74) is 3.61. The minimum absolute atomic E-state index is 0.00625. The summed E-state index contributed by atoms with van der Waals surface area (Å²) in [6, 6.07) is 24.4. The Hall–Kier alpha value is -5.24. The molecular weight excluding hydrogens is 536 g/mol. The van der Waals surface area contributed by atoms with Crippen LogP contribution in [0.25, 0.3) is 11.1 Å². The normalized spacial score (nSPS) is 10.5. The Morgan fingerprint density at radius 1 is 0.548 bits per heavy atom. The molecule has 0 aliphatic rings. The first-order valence-electron chi connectivity index (χ1n) is 13.2. The minimum Gasteiger partial charge on any atom is -0.457 e. The predicted octanol–water partition coefficient (Wildman–Crippen LogP) is 6.54. The van der Waals surface area contributed by atoms with Crippen molar-refractivity contribution in [3.8, 4) is 22.6 Å². The molecule has 0 bridgehead atoms. The zero-order valence-electron chi connectivity index (χ0n) is 23.8. The second-order valence-electron chi connectivity index (χ2n) is 9.64.